The van der Waals surface area contributed by atoms with Crippen LogP contribution in [0.15, 0.2) is 54.3 Å². The van der Waals surface area contributed by atoms with Crippen molar-refractivity contribution < 1.29 is 18.7 Å². The predicted molar refractivity (Wildman–Crippen MR) is 112 cm³/mol. The van der Waals surface area contributed by atoms with Crippen LogP contribution in [-0.4, -0.2) is 24.0 Å². The van der Waals surface area contributed by atoms with Gasteiger partial charge in [-0.3, -0.25) is 9.59 Å². The summed E-state index contributed by atoms with van der Waals surface area (Å²) in [7, 11) is 0. The Morgan fingerprint density at radius 3 is 2.63 bits per heavy atom. The molecule has 0 saturated carbocycles. The van der Waals surface area contributed by atoms with Gasteiger partial charge in [0.25, 0.3) is 5.91 Å². The van der Waals surface area contributed by atoms with Crippen molar-refractivity contribution in [3.8, 4) is 0 Å². The van der Waals surface area contributed by atoms with E-state index in [-0.39, 0.29) is 12.5 Å². The van der Waals surface area contributed by atoms with E-state index in [1.54, 1.807) is 6.07 Å². The van der Waals surface area contributed by atoms with Gasteiger partial charge in [-0.15, -0.1) is 0 Å². The Hall–Kier alpha value is -3.45. The maximum atomic E-state index is 13.8. The van der Waals surface area contributed by atoms with Crippen molar-refractivity contribution in [2.45, 2.75) is 26.0 Å². The summed E-state index contributed by atoms with van der Waals surface area (Å²) < 4.78 is 19.9. The van der Waals surface area contributed by atoms with Crippen LogP contribution >= 0.6 is 0 Å². The minimum atomic E-state index is -0.662. The van der Waals surface area contributed by atoms with Gasteiger partial charge in [0, 0.05) is 23.4 Å². The quantitative estimate of drug-likeness (QED) is 0.665. The van der Waals surface area contributed by atoms with Gasteiger partial charge < -0.3 is 21.1 Å². The Kier molecular flexibility index (Phi) is 4.91. The van der Waals surface area contributed by atoms with E-state index < -0.39 is 17.3 Å². The molecule has 0 unspecified atom stereocenters. The number of rotatable bonds is 5. The Labute approximate surface area is 173 Å². The smallest absolute Gasteiger partial charge is 0.260 e. The second-order valence-corrected chi connectivity index (χ2v) is 7.82. The SMILES string of the molecule is CC1(C)OC(=C2C(=O)Nc3ccc(F)cc32)C=C1c1ccc(CNCC(N)=O)cc1. The summed E-state index contributed by atoms with van der Waals surface area (Å²) in [5.74, 6) is -0.705. The Morgan fingerprint density at radius 2 is 1.93 bits per heavy atom. The lowest BCUT2D eigenvalue weighted by molar-refractivity contribution is -0.117. The van der Waals surface area contributed by atoms with Gasteiger partial charge in [-0.2, -0.15) is 0 Å². The first-order valence-corrected chi connectivity index (χ1v) is 9.60. The number of fused-ring (bicyclic) bond motifs is 1. The van der Waals surface area contributed by atoms with Crippen LogP contribution in [0.5, 0.6) is 0 Å². The van der Waals surface area contributed by atoms with Crippen molar-refractivity contribution >= 4 is 28.6 Å². The van der Waals surface area contributed by atoms with Crippen LogP contribution in [-0.2, 0) is 20.9 Å². The molecule has 2 amide bonds. The third-order valence-corrected chi connectivity index (χ3v) is 5.16. The maximum absolute atomic E-state index is 13.8. The van der Waals surface area contributed by atoms with E-state index in [1.165, 1.54) is 12.1 Å². The first-order chi connectivity index (χ1) is 14.2. The molecule has 0 aliphatic carbocycles. The summed E-state index contributed by atoms with van der Waals surface area (Å²) in [5.41, 5.74) is 8.75. The molecule has 0 aromatic heterocycles. The van der Waals surface area contributed by atoms with Gasteiger partial charge in [0.2, 0.25) is 5.91 Å². The van der Waals surface area contributed by atoms with Crippen LogP contribution in [0, 0.1) is 5.82 Å². The molecule has 2 aromatic carbocycles. The van der Waals surface area contributed by atoms with Gasteiger partial charge in [0.15, 0.2) is 0 Å². The molecular weight excluding hydrogens is 385 g/mol. The highest BCUT2D eigenvalue weighted by Crippen LogP contribution is 2.44. The van der Waals surface area contributed by atoms with Crippen molar-refractivity contribution in [3.05, 3.63) is 76.8 Å². The van der Waals surface area contributed by atoms with Crippen LogP contribution < -0.4 is 16.4 Å². The monoisotopic (exact) mass is 407 g/mol. The number of carbonyl (C=O) groups excluding carboxylic acids is 2. The van der Waals surface area contributed by atoms with Crippen LogP contribution in [0.3, 0.4) is 0 Å². The fourth-order valence-electron chi connectivity index (χ4n) is 3.73. The molecule has 2 heterocycles. The lowest BCUT2D eigenvalue weighted by Crippen LogP contribution is -2.28. The van der Waals surface area contributed by atoms with E-state index in [1.807, 2.05) is 44.2 Å². The topological polar surface area (TPSA) is 93.4 Å². The molecule has 0 atom stereocenters. The molecule has 0 saturated heterocycles. The number of allylic oxidation sites excluding steroid dienone is 1. The van der Waals surface area contributed by atoms with Gasteiger partial charge in [-0.05, 0) is 49.2 Å². The van der Waals surface area contributed by atoms with Gasteiger partial charge in [0.05, 0.1) is 12.1 Å². The minimum absolute atomic E-state index is 0.120. The number of halogens is 1. The molecule has 6 nitrogen and oxygen atoms in total. The number of benzene rings is 2. The molecule has 0 fully saturated rings. The zero-order valence-electron chi connectivity index (χ0n) is 16.7. The third-order valence-electron chi connectivity index (χ3n) is 5.16. The van der Waals surface area contributed by atoms with Crippen LogP contribution in [0.25, 0.3) is 11.1 Å². The number of carbonyl (C=O) groups is 2. The fourth-order valence-corrected chi connectivity index (χ4v) is 3.73. The Balaban J connectivity index is 1.66. The van der Waals surface area contributed by atoms with E-state index in [0.29, 0.717) is 29.1 Å². The van der Waals surface area contributed by atoms with E-state index >= 15 is 0 Å². The number of amides is 2. The van der Waals surface area contributed by atoms with Crippen molar-refractivity contribution in [1.82, 2.24) is 5.32 Å². The molecule has 30 heavy (non-hydrogen) atoms. The fraction of sp³-hybridized carbons (Fsp3) is 0.217. The van der Waals surface area contributed by atoms with Crippen LogP contribution in [0.2, 0.25) is 0 Å². The van der Waals surface area contributed by atoms with Gasteiger partial charge in [-0.25, -0.2) is 4.39 Å². The molecule has 4 N–H and O–H groups in total. The summed E-state index contributed by atoms with van der Waals surface area (Å²) in [5, 5.41) is 5.73. The second-order valence-electron chi connectivity index (χ2n) is 7.82. The lowest BCUT2D eigenvalue weighted by atomic mass is 9.91. The van der Waals surface area contributed by atoms with E-state index in [0.717, 1.165) is 16.7 Å². The molecular formula is C23H22FN3O3. The molecule has 2 aliphatic rings. The van der Waals surface area contributed by atoms with E-state index in [9.17, 15) is 14.0 Å². The van der Waals surface area contributed by atoms with E-state index in [4.69, 9.17) is 10.5 Å². The minimum Gasteiger partial charge on any atom is -0.482 e. The number of hydrogen-bond donors (Lipinski definition) is 3. The summed E-state index contributed by atoms with van der Waals surface area (Å²) in [4.78, 5) is 23.4. The first-order valence-electron chi connectivity index (χ1n) is 9.60. The number of nitrogens with two attached hydrogens (primary N) is 1. The number of ether oxygens (including phenoxy) is 1. The average Bonchev–Trinajstić information content (AvgIpc) is 3.16. The molecule has 0 bridgehead atoms. The first kappa shape index (κ1) is 19.8. The van der Waals surface area contributed by atoms with Crippen molar-refractivity contribution in [1.29, 1.82) is 0 Å². The van der Waals surface area contributed by atoms with Crippen molar-refractivity contribution in [2.24, 2.45) is 5.73 Å². The summed E-state index contributed by atoms with van der Waals surface area (Å²) in [6, 6.07) is 12.0. The number of nitrogens with one attached hydrogen (secondary N) is 2. The summed E-state index contributed by atoms with van der Waals surface area (Å²) >= 11 is 0. The zero-order chi connectivity index (χ0) is 21.5. The average molecular weight is 407 g/mol. The molecule has 0 radical (unpaired) electrons. The predicted octanol–water partition coefficient (Wildman–Crippen LogP) is 2.96. The van der Waals surface area contributed by atoms with Gasteiger partial charge >= 0.3 is 0 Å². The second kappa shape index (κ2) is 7.42. The molecule has 2 aliphatic heterocycles. The number of anilines is 1. The molecule has 0 spiro atoms. The number of hydrogen-bond acceptors (Lipinski definition) is 4. The number of primary amides is 1. The lowest BCUT2D eigenvalue weighted by Gasteiger charge is -2.23. The highest BCUT2D eigenvalue weighted by molar-refractivity contribution is 6.32. The Morgan fingerprint density at radius 1 is 1.20 bits per heavy atom. The highest BCUT2D eigenvalue weighted by atomic mass is 19.1. The summed E-state index contributed by atoms with van der Waals surface area (Å²) in [6.07, 6.45) is 1.84. The zero-order valence-corrected chi connectivity index (χ0v) is 16.7. The Bertz CT molecular complexity index is 1100. The van der Waals surface area contributed by atoms with Crippen molar-refractivity contribution in [3.63, 3.8) is 0 Å². The van der Waals surface area contributed by atoms with Crippen LogP contribution in [0.4, 0.5) is 10.1 Å². The highest BCUT2D eigenvalue weighted by Gasteiger charge is 2.38. The maximum Gasteiger partial charge on any atom is 0.260 e. The largest absolute Gasteiger partial charge is 0.482 e. The normalized spacial score (nSPS) is 19.2. The van der Waals surface area contributed by atoms with Crippen molar-refractivity contribution in [2.75, 3.05) is 11.9 Å². The standard InChI is InChI=1S/C23H22FN3O3/c1-23(2)17(14-5-3-13(4-6-14)11-26-12-20(25)28)10-19(30-23)21-16-9-15(24)7-8-18(16)27-22(21)29/h3-10,26H,11-12H2,1-2H3,(H2,25,28)(H,27,29). The third kappa shape index (κ3) is 3.71. The molecule has 154 valence electrons. The van der Waals surface area contributed by atoms with Gasteiger partial charge in [-0.1, -0.05) is 24.3 Å². The van der Waals surface area contributed by atoms with Crippen LogP contribution in [0.1, 0.15) is 30.5 Å². The molecule has 7 heteroatoms. The van der Waals surface area contributed by atoms with Gasteiger partial charge in [0.1, 0.15) is 17.2 Å². The molecule has 2 aromatic rings. The summed E-state index contributed by atoms with van der Waals surface area (Å²) in [6.45, 7) is 4.50. The molecule has 4 rings (SSSR count). The van der Waals surface area contributed by atoms with E-state index in [2.05, 4.69) is 10.6 Å².